The number of rotatable bonds is 4. The second kappa shape index (κ2) is 6.49. The van der Waals surface area contributed by atoms with Crippen LogP contribution in [0, 0.1) is 13.8 Å². The molecule has 0 aliphatic carbocycles. The number of pyridine rings is 1. The Kier molecular flexibility index (Phi) is 4.24. The molecule has 0 atom stereocenters. The molecule has 122 valence electrons. The average molecular weight is 323 g/mol. The lowest BCUT2D eigenvalue weighted by Crippen LogP contribution is -2.14. The van der Waals surface area contributed by atoms with Crippen molar-refractivity contribution < 1.29 is 9.53 Å². The predicted octanol–water partition coefficient (Wildman–Crippen LogP) is 2.54. The minimum absolute atomic E-state index is 0.196. The number of amides is 1. The van der Waals surface area contributed by atoms with E-state index in [1.165, 1.54) is 7.11 Å². The Hall–Kier alpha value is -3.22. The summed E-state index contributed by atoms with van der Waals surface area (Å²) in [4.78, 5) is 16.7. The molecule has 1 aromatic carbocycles. The van der Waals surface area contributed by atoms with Crippen molar-refractivity contribution in [2.45, 2.75) is 13.8 Å². The van der Waals surface area contributed by atoms with Crippen LogP contribution in [0.4, 0.5) is 5.82 Å². The van der Waals surface area contributed by atoms with Crippen LogP contribution in [0.15, 0.2) is 42.6 Å². The first-order valence-electron chi connectivity index (χ1n) is 7.39. The van der Waals surface area contributed by atoms with E-state index in [9.17, 15) is 4.79 Å². The molecule has 0 spiro atoms. The van der Waals surface area contributed by atoms with E-state index in [1.807, 2.05) is 44.2 Å². The largest absolute Gasteiger partial charge is 0.493 e. The first-order valence-corrected chi connectivity index (χ1v) is 7.39. The molecule has 0 saturated carbocycles. The van der Waals surface area contributed by atoms with Crippen LogP contribution in [-0.4, -0.2) is 33.0 Å². The van der Waals surface area contributed by atoms with Gasteiger partial charge < -0.3 is 10.1 Å². The molecular formula is C17H17N5O2. The summed E-state index contributed by atoms with van der Waals surface area (Å²) in [6.07, 6.45) is 1.58. The maximum Gasteiger partial charge on any atom is 0.279 e. The first kappa shape index (κ1) is 15.7. The van der Waals surface area contributed by atoms with Crippen molar-refractivity contribution in [2.75, 3.05) is 12.4 Å². The molecule has 3 aromatic rings. The van der Waals surface area contributed by atoms with E-state index < -0.39 is 5.91 Å². The number of anilines is 1. The SMILES string of the molecule is COc1ccc(C)nc1NC(=O)c1cn(-c2cccc(C)c2)nn1. The zero-order valence-electron chi connectivity index (χ0n) is 13.6. The number of hydrogen-bond acceptors (Lipinski definition) is 5. The Morgan fingerprint density at radius 1 is 1.21 bits per heavy atom. The van der Waals surface area contributed by atoms with Gasteiger partial charge in [0, 0.05) is 5.69 Å². The van der Waals surface area contributed by atoms with Crippen LogP contribution in [0.1, 0.15) is 21.7 Å². The maximum absolute atomic E-state index is 12.4. The minimum atomic E-state index is -0.398. The van der Waals surface area contributed by atoms with E-state index in [2.05, 4.69) is 20.6 Å². The Labute approximate surface area is 139 Å². The van der Waals surface area contributed by atoms with Crippen molar-refractivity contribution in [2.24, 2.45) is 0 Å². The lowest BCUT2D eigenvalue weighted by Gasteiger charge is -2.08. The van der Waals surface area contributed by atoms with Crippen LogP contribution in [0.25, 0.3) is 5.69 Å². The molecule has 1 amide bonds. The molecule has 0 aliphatic rings. The molecule has 0 bridgehead atoms. The van der Waals surface area contributed by atoms with Gasteiger partial charge in [-0.25, -0.2) is 9.67 Å². The minimum Gasteiger partial charge on any atom is -0.493 e. The molecule has 7 heteroatoms. The summed E-state index contributed by atoms with van der Waals surface area (Å²) in [6.45, 7) is 3.83. The summed E-state index contributed by atoms with van der Waals surface area (Å²) in [5.74, 6) is 0.443. The molecule has 0 fully saturated rings. The van der Waals surface area contributed by atoms with Crippen LogP contribution in [0.3, 0.4) is 0 Å². The van der Waals surface area contributed by atoms with E-state index in [0.717, 1.165) is 16.9 Å². The van der Waals surface area contributed by atoms with Gasteiger partial charge in [-0.05, 0) is 43.7 Å². The Morgan fingerprint density at radius 3 is 2.79 bits per heavy atom. The van der Waals surface area contributed by atoms with Gasteiger partial charge >= 0.3 is 0 Å². The lowest BCUT2D eigenvalue weighted by atomic mass is 10.2. The highest BCUT2D eigenvalue weighted by molar-refractivity contribution is 6.02. The molecule has 0 radical (unpaired) electrons. The van der Waals surface area contributed by atoms with Gasteiger partial charge in [0.1, 0.15) is 0 Å². The fourth-order valence-corrected chi connectivity index (χ4v) is 2.23. The van der Waals surface area contributed by atoms with Crippen molar-refractivity contribution in [3.63, 3.8) is 0 Å². The van der Waals surface area contributed by atoms with Crippen molar-refractivity contribution in [3.8, 4) is 11.4 Å². The number of carbonyl (C=O) groups is 1. The Bertz CT molecular complexity index is 888. The highest BCUT2D eigenvalue weighted by Crippen LogP contribution is 2.22. The van der Waals surface area contributed by atoms with Gasteiger partial charge in [-0.15, -0.1) is 5.10 Å². The second-order valence-corrected chi connectivity index (χ2v) is 5.34. The number of aryl methyl sites for hydroxylation is 2. The zero-order valence-corrected chi connectivity index (χ0v) is 13.6. The van der Waals surface area contributed by atoms with Gasteiger partial charge in [0.25, 0.3) is 5.91 Å². The first-order chi connectivity index (χ1) is 11.6. The van der Waals surface area contributed by atoms with Crippen LogP contribution >= 0.6 is 0 Å². The summed E-state index contributed by atoms with van der Waals surface area (Å²) in [5, 5.41) is 10.6. The molecule has 2 aromatic heterocycles. The summed E-state index contributed by atoms with van der Waals surface area (Å²) in [5.41, 5.74) is 2.91. The number of nitrogens with one attached hydrogen (secondary N) is 1. The third-order valence-electron chi connectivity index (χ3n) is 3.44. The molecule has 3 rings (SSSR count). The van der Waals surface area contributed by atoms with Crippen molar-refractivity contribution in [3.05, 3.63) is 59.5 Å². The third kappa shape index (κ3) is 3.24. The number of nitrogens with zero attached hydrogens (tertiary/aromatic N) is 4. The van der Waals surface area contributed by atoms with Gasteiger partial charge in [0.2, 0.25) is 0 Å². The van der Waals surface area contributed by atoms with Gasteiger partial charge in [0.15, 0.2) is 17.3 Å². The summed E-state index contributed by atoms with van der Waals surface area (Å²) >= 11 is 0. The van der Waals surface area contributed by atoms with Gasteiger partial charge in [-0.1, -0.05) is 17.3 Å². The quantitative estimate of drug-likeness (QED) is 0.798. The van der Waals surface area contributed by atoms with E-state index >= 15 is 0 Å². The highest BCUT2D eigenvalue weighted by atomic mass is 16.5. The molecule has 0 unspecified atom stereocenters. The number of ether oxygens (including phenoxy) is 1. The normalized spacial score (nSPS) is 10.5. The van der Waals surface area contributed by atoms with E-state index in [4.69, 9.17) is 4.74 Å². The average Bonchev–Trinajstić information content (AvgIpc) is 3.05. The maximum atomic E-state index is 12.4. The number of hydrogen-bond donors (Lipinski definition) is 1. The summed E-state index contributed by atoms with van der Waals surface area (Å²) < 4.78 is 6.76. The number of carbonyl (C=O) groups excluding carboxylic acids is 1. The highest BCUT2D eigenvalue weighted by Gasteiger charge is 2.15. The standard InChI is InChI=1S/C17H17N5O2/c1-11-5-4-6-13(9-11)22-10-14(20-21-22)17(23)19-16-15(24-3)8-7-12(2)18-16/h4-10H,1-3H3,(H,18,19,23). The van der Waals surface area contributed by atoms with E-state index in [-0.39, 0.29) is 5.69 Å². The molecule has 1 N–H and O–H groups in total. The van der Waals surface area contributed by atoms with Crippen LogP contribution in [0.5, 0.6) is 5.75 Å². The predicted molar refractivity (Wildman–Crippen MR) is 89.6 cm³/mol. The molecule has 2 heterocycles. The van der Waals surface area contributed by atoms with Gasteiger partial charge in [0.05, 0.1) is 19.0 Å². The summed E-state index contributed by atoms with van der Waals surface area (Å²) in [6, 6.07) is 11.3. The Morgan fingerprint density at radius 2 is 2.04 bits per heavy atom. The fourth-order valence-electron chi connectivity index (χ4n) is 2.23. The van der Waals surface area contributed by atoms with Crippen molar-refractivity contribution >= 4 is 11.7 Å². The lowest BCUT2D eigenvalue weighted by molar-refractivity contribution is 0.102. The number of aromatic nitrogens is 4. The Balaban J connectivity index is 1.83. The van der Waals surface area contributed by atoms with E-state index in [0.29, 0.717) is 11.6 Å². The van der Waals surface area contributed by atoms with Crippen LogP contribution in [-0.2, 0) is 0 Å². The molecule has 0 aliphatic heterocycles. The van der Waals surface area contributed by atoms with Gasteiger partial charge in [-0.2, -0.15) is 0 Å². The smallest absolute Gasteiger partial charge is 0.279 e. The number of benzene rings is 1. The molecular weight excluding hydrogens is 306 g/mol. The van der Waals surface area contributed by atoms with Crippen LogP contribution < -0.4 is 10.1 Å². The van der Waals surface area contributed by atoms with Gasteiger partial charge in [-0.3, -0.25) is 4.79 Å². The molecule has 24 heavy (non-hydrogen) atoms. The zero-order chi connectivity index (χ0) is 17.1. The topological polar surface area (TPSA) is 81.9 Å². The van der Waals surface area contributed by atoms with Crippen molar-refractivity contribution in [1.29, 1.82) is 0 Å². The van der Waals surface area contributed by atoms with E-state index in [1.54, 1.807) is 16.9 Å². The number of methoxy groups -OCH3 is 1. The molecule has 7 nitrogen and oxygen atoms in total. The molecule has 0 saturated heterocycles. The fraction of sp³-hybridized carbons (Fsp3) is 0.176. The van der Waals surface area contributed by atoms with Crippen molar-refractivity contribution in [1.82, 2.24) is 20.0 Å². The summed E-state index contributed by atoms with van der Waals surface area (Å²) in [7, 11) is 1.52. The van der Waals surface area contributed by atoms with Crippen LogP contribution in [0.2, 0.25) is 0 Å². The second-order valence-electron chi connectivity index (χ2n) is 5.34. The monoisotopic (exact) mass is 323 g/mol. The third-order valence-corrected chi connectivity index (χ3v) is 3.44.